The van der Waals surface area contributed by atoms with E-state index >= 15 is 0 Å². The molecule has 0 radical (unpaired) electrons. The van der Waals surface area contributed by atoms with Gasteiger partial charge >= 0.3 is 0 Å². The van der Waals surface area contributed by atoms with Gasteiger partial charge in [0.1, 0.15) is 5.82 Å². The Hall–Kier alpha value is -1.78. The van der Waals surface area contributed by atoms with E-state index in [1.165, 1.54) is 18.2 Å². The summed E-state index contributed by atoms with van der Waals surface area (Å²) < 4.78 is 40.1. The number of nitrogens with one attached hydrogen (secondary N) is 1. The van der Waals surface area contributed by atoms with Crippen molar-refractivity contribution in [2.45, 2.75) is 37.5 Å². The number of alkyl halides is 2. The van der Waals surface area contributed by atoms with Crippen LogP contribution in [0.2, 0.25) is 0 Å². The molecular formula is C15H14F3NO. The van der Waals surface area contributed by atoms with Crippen molar-refractivity contribution in [1.82, 2.24) is 4.98 Å². The molecule has 1 heterocycles. The molecule has 3 rings (SSSR count). The van der Waals surface area contributed by atoms with Crippen LogP contribution in [0.3, 0.4) is 0 Å². The van der Waals surface area contributed by atoms with E-state index in [9.17, 15) is 18.0 Å². The Morgan fingerprint density at radius 3 is 2.80 bits per heavy atom. The average molecular weight is 281 g/mol. The van der Waals surface area contributed by atoms with Gasteiger partial charge in [0.15, 0.2) is 5.43 Å². The molecule has 1 aromatic heterocycles. The number of hydrogen-bond donors (Lipinski definition) is 1. The highest BCUT2D eigenvalue weighted by Crippen LogP contribution is 2.41. The quantitative estimate of drug-likeness (QED) is 0.843. The number of rotatable bonds is 1. The number of hydrogen-bond acceptors (Lipinski definition) is 1. The van der Waals surface area contributed by atoms with Crippen LogP contribution in [0, 0.1) is 5.82 Å². The second kappa shape index (κ2) is 4.65. The Kier molecular flexibility index (Phi) is 3.07. The first-order valence-electron chi connectivity index (χ1n) is 6.65. The lowest BCUT2D eigenvalue weighted by atomic mass is 9.84. The van der Waals surface area contributed by atoms with Crippen LogP contribution >= 0.6 is 0 Å². The highest BCUT2D eigenvalue weighted by molar-refractivity contribution is 5.78. The van der Waals surface area contributed by atoms with Gasteiger partial charge in [0.05, 0.1) is 0 Å². The topological polar surface area (TPSA) is 32.9 Å². The van der Waals surface area contributed by atoms with Gasteiger partial charge in [0.25, 0.3) is 0 Å². The summed E-state index contributed by atoms with van der Waals surface area (Å²) in [6.07, 6.45) is 0.752. The van der Waals surface area contributed by atoms with Crippen LogP contribution < -0.4 is 5.43 Å². The molecule has 0 amide bonds. The zero-order chi connectivity index (χ0) is 14.3. The molecule has 0 spiro atoms. The minimum absolute atomic E-state index is 0.0907. The summed E-state index contributed by atoms with van der Waals surface area (Å²) in [6.45, 7) is 0. The van der Waals surface area contributed by atoms with Crippen molar-refractivity contribution in [2.24, 2.45) is 0 Å². The molecule has 1 fully saturated rings. The molecule has 2 nitrogen and oxygen atoms in total. The Morgan fingerprint density at radius 1 is 1.25 bits per heavy atom. The van der Waals surface area contributed by atoms with Crippen molar-refractivity contribution in [3.63, 3.8) is 0 Å². The maximum Gasteiger partial charge on any atom is 0.248 e. The fourth-order valence-corrected chi connectivity index (χ4v) is 2.90. The molecule has 2 aromatic rings. The molecule has 5 heteroatoms. The minimum Gasteiger partial charge on any atom is -0.358 e. The zero-order valence-corrected chi connectivity index (χ0v) is 10.8. The third-order valence-electron chi connectivity index (χ3n) is 3.89. The Balaban J connectivity index is 2.05. The summed E-state index contributed by atoms with van der Waals surface area (Å²) in [7, 11) is 0. The van der Waals surface area contributed by atoms with Gasteiger partial charge in [0.2, 0.25) is 5.92 Å². The van der Waals surface area contributed by atoms with Crippen molar-refractivity contribution in [3.05, 3.63) is 46.0 Å². The summed E-state index contributed by atoms with van der Waals surface area (Å²) in [4.78, 5) is 15.0. The van der Waals surface area contributed by atoms with Crippen LogP contribution in [0.5, 0.6) is 0 Å². The smallest absolute Gasteiger partial charge is 0.248 e. The SMILES string of the molecule is O=c1cc([C@H]2CCCC(F)(F)C2)[nH]c2ccc(F)cc12. The molecule has 0 saturated heterocycles. The van der Waals surface area contributed by atoms with E-state index in [1.54, 1.807) is 0 Å². The molecule has 1 atom stereocenters. The van der Waals surface area contributed by atoms with Crippen LogP contribution in [0.1, 0.15) is 37.3 Å². The lowest BCUT2D eigenvalue weighted by Crippen LogP contribution is -2.26. The molecule has 20 heavy (non-hydrogen) atoms. The Morgan fingerprint density at radius 2 is 2.05 bits per heavy atom. The first-order chi connectivity index (χ1) is 9.44. The van der Waals surface area contributed by atoms with Crippen LogP contribution in [0.4, 0.5) is 13.2 Å². The predicted molar refractivity (Wildman–Crippen MR) is 70.7 cm³/mol. The monoisotopic (exact) mass is 281 g/mol. The van der Waals surface area contributed by atoms with E-state index in [-0.39, 0.29) is 29.6 Å². The number of aromatic nitrogens is 1. The van der Waals surface area contributed by atoms with Crippen LogP contribution in [0.15, 0.2) is 29.1 Å². The van der Waals surface area contributed by atoms with E-state index in [1.807, 2.05) is 0 Å². The minimum atomic E-state index is -2.67. The first-order valence-corrected chi connectivity index (χ1v) is 6.65. The van der Waals surface area contributed by atoms with Crippen molar-refractivity contribution < 1.29 is 13.2 Å². The summed E-state index contributed by atoms with van der Waals surface area (Å²) >= 11 is 0. The van der Waals surface area contributed by atoms with Gasteiger partial charge in [-0.05, 0) is 31.0 Å². The number of benzene rings is 1. The molecule has 0 unspecified atom stereocenters. The van der Waals surface area contributed by atoms with Crippen molar-refractivity contribution in [1.29, 1.82) is 0 Å². The molecule has 1 aromatic carbocycles. The lowest BCUT2D eigenvalue weighted by molar-refractivity contribution is -0.0412. The highest BCUT2D eigenvalue weighted by atomic mass is 19.3. The zero-order valence-electron chi connectivity index (χ0n) is 10.8. The molecule has 1 saturated carbocycles. The van der Waals surface area contributed by atoms with Crippen LogP contribution in [0.25, 0.3) is 10.9 Å². The Bertz CT molecular complexity index is 708. The first kappa shape index (κ1) is 13.2. The van der Waals surface area contributed by atoms with Gasteiger partial charge in [-0.25, -0.2) is 13.2 Å². The summed E-state index contributed by atoms with van der Waals surface area (Å²) in [5.41, 5.74) is 0.679. The van der Waals surface area contributed by atoms with Crippen LogP contribution in [-0.2, 0) is 0 Å². The molecule has 0 aliphatic heterocycles. The van der Waals surface area contributed by atoms with Gasteiger partial charge in [-0.3, -0.25) is 4.79 Å². The second-order valence-corrected chi connectivity index (χ2v) is 5.43. The predicted octanol–water partition coefficient (Wildman–Crippen LogP) is 3.96. The number of aromatic amines is 1. The summed E-state index contributed by atoms with van der Waals surface area (Å²) in [5, 5.41) is 0.247. The molecule has 1 N–H and O–H groups in total. The Labute approximate surface area is 113 Å². The van der Waals surface area contributed by atoms with Gasteiger partial charge < -0.3 is 4.98 Å². The van der Waals surface area contributed by atoms with Crippen molar-refractivity contribution >= 4 is 10.9 Å². The lowest BCUT2D eigenvalue weighted by Gasteiger charge is -2.28. The summed E-state index contributed by atoms with van der Waals surface area (Å²) in [6, 6.07) is 5.20. The van der Waals surface area contributed by atoms with Crippen molar-refractivity contribution in [3.8, 4) is 0 Å². The third-order valence-corrected chi connectivity index (χ3v) is 3.89. The number of H-pyrrole nitrogens is 1. The highest BCUT2D eigenvalue weighted by Gasteiger charge is 2.37. The average Bonchev–Trinajstić information content (AvgIpc) is 2.38. The molecule has 1 aliphatic rings. The fraction of sp³-hybridized carbons (Fsp3) is 0.400. The number of halogens is 3. The van der Waals surface area contributed by atoms with Gasteiger partial charge in [-0.1, -0.05) is 0 Å². The van der Waals surface area contributed by atoms with Crippen molar-refractivity contribution in [2.75, 3.05) is 0 Å². The summed E-state index contributed by atoms with van der Waals surface area (Å²) in [5.74, 6) is -3.50. The molecule has 0 bridgehead atoms. The molecule has 106 valence electrons. The second-order valence-electron chi connectivity index (χ2n) is 5.43. The molecular weight excluding hydrogens is 267 g/mol. The fourth-order valence-electron chi connectivity index (χ4n) is 2.90. The van der Waals surface area contributed by atoms with Gasteiger partial charge in [-0.15, -0.1) is 0 Å². The van der Waals surface area contributed by atoms with E-state index in [0.717, 1.165) is 6.07 Å². The van der Waals surface area contributed by atoms with Gasteiger partial charge in [-0.2, -0.15) is 0 Å². The van der Waals surface area contributed by atoms with E-state index in [2.05, 4.69) is 4.98 Å². The third kappa shape index (κ3) is 2.44. The van der Waals surface area contributed by atoms with E-state index in [0.29, 0.717) is 24.1 Å². The largest absolute Gasteiger partial charge is 0.358 e. The maximum atomic E-state index is 13.5. The van der Waals surface area contributed by atoms with Crippen LogP contribution in [-0.4, -0.2) is 10.9 Å². The number of pyridine rings is 1. The normalized spacial score (nSPS) is 22.1. The number of fused-ring (bicyclic) bond motifs is 1. The maximum absolute atomic E-state index is 13.5. The standard InChI is InChI=1S/C15H14F3NO/c16-10-3-4-12-11(6-10)14(20)7-13(19-12)9-2-1-5-15(17,18)8-9/h3-4,6-7,9H,1-2,5,8H2,(H,19,20)/t9-/m0/s1. The van der Waals surface area contributed by atoms with E-state index < -0.39 is 11.7 Å². The van der Waals surface area contributed by atoms with Gasteiger partial charge in [0, 0.05) is 41.4 Å². The van der Waals surface area contributed by atoms with E-state index in [4.69, 9.17) is 0 Å². The molecule has 1 aliphatic carbocycles.